The number of hydrogen-bond donors (Lipinski definition) is 1. The first-order valence-corrected chi connectivity index (χ1v) is 9.23. The summed E-state index contributed by atoms with van der Waals surface area (Å²) in [6.45, 7) is 1.43. The van der Waals surface area contributed by atoms with Crippen LogP contribution < -0.4 is 11.4 Å². The van der Waals surface area contributed by atoms with E-state index in [0.717, 1.165) is 24.3 Å². The first-order valence-electron chi connectivity index (χ1n) is 9.23. The first-order chi connectivity index (χ1) is 14.1. The molecule has 0 bridgehead atoms. The molecule has 2 fully saturated rings. The number of halogens is 3. The Hall–Kier alpha value is -2.96. The SMILES string of the molecule is CC(=O)OC1CC(C(=O)C(F)(F)F)OC1n1c(=O)n(CC2CC2)c2cnc(N)nc21. The van der Waals surface area contributed by atoms with E-state index >= 15 is 0 Å². The van der Waals surface area contributed by atoms with Gasteiger partial charge in [0, 0.05) is 19.9 Å². The number of ether oxygens (including phenoxy) is 2. The predicted molar refractivity (Wildman–Crippen MR) is 94.1 cm³/mol. The molecule has 3 atom stereocenters. The summed E-state index contributed by atoms with van der Waals surface area (Å²) in [5.41, 5.74) is 5.35. The number of carbonyl (C=O) groups excluding carboxylic acids is 2. The van der Waals surface area contributed by atoms with Gasteiger partial charge in [-0.05, 0) is 18.8 Å². The highest BCUT2D eigenvalue weighted by molar-refractivity contribution is 5.88. The van der Waals surface area contributed by atoms with Gasteiger partial charge < -0.3 is 15.2 Å². The number of esters is 1. The molecule has 10 nitrogen and oxygen atoms in total. The molecule has 3 unspecified atom stereocenters. The molecular formula is C17H18F3N5O5. The summed E-state index contributed by atoms with van der Waals surface area (Å²) in [4.78, 5) is 44.3. The van der Waals surface area contributed by atoms with Crippen molar-refractivity contribution in [2.45, 2.75) is 57.3 Å². The highest BCUT2D eigenvalue weighted by Crippen LogP contribution is 2.36. The van der Waals surface area contributed by atoms with Crippen LogP contribution in [0.15, 0.2) is 11.0 Å². The fourth-order valence-electron chi connectivity index (χ4n) is 3.57. The third-order valence-corrected chi connectivity index (χ3v) is 5.07. The Balaban J connectivity index is 1.81. The van der Waals surface area contributed by atoms with E-state index in [0.29, 0.717) is 12.1 Å². The van der Waals surface area contributed by atoms with E-state index in [1.807, 2.05) is 0 Å². The monoisotopic (exact) mass is 429 g/mol. The third kappa shape index (κ3) is 3.64. The molecule has 162 valence electrons. The zero-order valence-corrected chi connectivity index (χ0v) is 15.8. The molecule has 2 N–H and O–H groups in total. The maximum Gasteiger partial charge on any atom is 0.452 e. The van der Waals surface area contributed by atoms with Gasteiger partial charge in [0.05, 0.1) is 6.20 Å². The van der Waals surface area contributed by atoms with Gasteiger partial charge >= 0.3 is 17.8 Å². The Kier molecular flexibility index (Phi) is 4.79. The normalized spacial score (nSPS) is 24.3. The largest absolute Gasteiger partial charge is 0.458 e. The van der Waals surface area contributed by atoms with E-state index in [1.54, 1.807) is 0 Å². The summed E-state index contributed by atoms with van der Waals surface area (Å²) < 4.78 is 51.5. The van der Waals surface area contributed by atoms with Crippen LogP contribution in [0.2, 0.25) is 0 Å². The number of nitrogens with zero attached hydrogens (tertiary/aromatic N) is 4. The van der Waals surface area contributed by atoms with E-state index in [4.69, 9.17) is 15.2 Å². The van der Waals surface area contributed by atoms with Crippen molar-refractivity contribution in [3.8, 4) is 0 Å². The minimum absolute atomic E-state index is 0.0235. The van der Waals surface area contributed by atoms with Crippen LogP contribution in [0.1, 0.15) is 32.4 Å². The molecule has 3 heterocycles. The molecule has 2 aromatic rings. The maximum absolute atomic E-state index is 13.1. The smallest absolute Gasteiger partial charge is 0.452 e. The van der Waals surface area contributed by atoms with Gasteiger partial charge in [-0.15, -0.1) is 0 Å². The van der Waals surface area contributed by atoms with E-state index < -0.39 is 48.5 Å². The maximum atomic E-state index is 13.1. The average Bonchev–Trinajstić information content (AvgIpc) is 3.32. The van der Waals surface area contributed by atoms with Crippen LogP contribution in [0.3, 0.4) is 0 Å². The van der Waals surface area contributed by atoms with Crippen molar-refractivity contribution >= 4 is 28.9 Å². The molecule has 4 rings (SSSR count). The number of anilines is 1. The van der Waals surface area contributed by atoms with E-state index in [2.05, 4.69) is 9.97 Å². The number of imidazole rings is 1. The summed E-state index contributed by atoms with van der Waals surface area (Å²) in [5.74, 6) is -2.79. The number of nitrogens with two attached hydrogens (primary N) is 1. The minimum atomic E-state index is -5.14. The van der Waals surface area contributed by atoms with Gasteiger partial charge in [0.25, 0.3) is 5.78 Å². The van der Waals surface area contributed by atoms with Gasteiger partial charge in [0.15, 0.2) is 11.9 Å². The quantitative estimate of drug-likeness (QED) is 0.695. The molecule has 0 amide bonds. The van der Waals surface area contributed by atoms with Crippen molar-refractivity contribution in [3.05, 3.63) is 16.7 Å². The molecule has 13 heteroatoms. The molecule has 0 radical (unpaired) electrons. The molecule has 1 saturated carbocycles. The van der Waals surface area contributed by atoms with E-state index in [9.17, 15) is 27.6 Å². The summed E-state index contributed by atoms with van der Waals surface area (Å²) in [5, 5.41) is 0. The van der Waals surface area contributed by atoms with Crippen molar-refractivity contribution in [2.24, 2.45) is 5.92 Å². The summed E-state index contributed by atoms with van der Waals surface area (Å²) in [6, 6.07) is 0. The van der Waals surface area contributed by atoms with Gasteiger partial charge in [-0.3, -0.25) is 14.2 Å². The van der Waals surface area contributed by atoms with Crippen LogP contribution in [0.5, 0.6) is 0 Å². The van der Waals surface area contributed by atoms with Crippen LogP contribution in [0.25, 0.3) is 11.2 Å². The molecule has 2 aliphatic rings. The predicted octanol–water partition coefficient (Wildman–Crippen LogP) is 0.936. The van der Waals surface area contributed by atoms with Crippen LogP contribution in [0.4, 0.5) is 19.1 Å². The zero-order chi connectivity index (χ0) is 21.8. The standard InChI is InChI=1S/C17H18F3N5O5/c1-7(26)29-11-4-10(12(27)17(18,19)20)30-14(11)25-13-9(5-22-15(21)23-13)24(16(25)28)6-8-2-3-8/h5,8,10-11,14H,2-4,6H2,1H3,(H2,21,22,23). The second kappa shape index (κ2) is 7.07. The highest BCUT2D eigenvalue weighted by atomic mass is 19.4. The van der Waals surface area contributed by atoms with E-state index in [-0.39, 0.29) is 17.5 Å². The lowest BCUT2D eigenvalue weighted by atomic mass is 10.1. The number of nitrogen functional groups attached to an aromatic ring is 1. The number of hydrogen-bond acceptors (Lipinski definition) is 8. The van der Waals surface area contributed by atoms with Gasteiger partial charge in [0.1, 0.15) is 17.7 Å². The lowest BCUT2D eigenvalue weighted by molar-refractivity contribution is -0.183. The lowest BCUT2D eigenvalue weighted by Gasteiger charge is -2.19. The van der Waals surface area contributed by atoms with Crippen molar-refractivity contribution < 1.29 is 32.2 Å². The van der Waals surface area contributed by atoms with Gasteiger partial charge in [-0.25, -0.2) is 14.3 Å². The molecule has 1 saturated heterocycles. The number of ketones is 1. The van der Waals surface area contributed by atoms with Crippen molar-refractivity contribution in [1.82, 2.24) is 19.1 Å². The highest BCUT2D eigenvalue weighted by Gasteiger charge is 2.52. The Bertz CT molecular complexity index is 1070. The number of Topliss-reactive ketones (excluding diaryl/α,β-unsaturated/α-hetero) is 1. The first kappa shape index (κ1) is 20.3. The Morgan fingerprint density at radius 3 is 2.67 bits per heavy atom. The van der Waals surface area contributed by atoms with Crippen molar-refractivity contribution in [3.63, 3.8) is 0 Å². The summed E-state index contributed by atoms with van der Waals surface area (Å²) >= 11 is 0. The molecule has 2 aromatic heterocycles. The lowest BCUT2D eigenvalue weighted by Crippen LogP contribution is -2.35. The molecule has 0 spiro atoms. The van der Waals surface area contributed by atoms with Gasteiger partial charge in [-0.2, -0.15) is 18.2 Å². The summed E-state index contributed by atoms with van der Waals surface area (Å²) in [7, 11) is 0. The molecule has 1 aliphatic carbocycles. The van der Waals surface area contributed by atoms with Crippen LogP contribution in [-0.4, -0.2) is 49.2 Å². The second-order valence-corrected chi connectivity index (χ2v) is 7.40. The molecular weight excluding hydrogens is 411 g/mol. The van der Waals surface area contributed by atoms with E-state index in [1.165, 1.54) is 10.8 Å². The molecule has 1 aliphatic heterocycles. The Labute approximate surface area is 166 Å². The number of aromatic nitrogens is 4. The van der Waals surface area contributed by atoms with Gasteiger partial charge in [-0.1, -0.05) is 0 Å². The third-order valence-electron chi connectivity index (χ3n) is 5.07. The average molecular weight is 429 g/mol. The second-order valence-electron chi connectivity index (χ2n) is 7.40. The number of rotatable bonds is 5. The van der Waals surface area contributed by atoms with Crippen molar-refractivity contribution in [2.75, 3.05) is 5.73 Å². The fourth-order valence-corrected chi connectivity index (χ4v) is 3.57. The molecule has 30 heavy (non-hydrogen) atoms. The summed E-state index contributed by atoms with van der Waals surface area (Å²) in [6.07, 6.45) is -7.18. The number of fused-ring (bicyclic) bond motifs is 1. The fraction of sp³-hybridized carbons (Fsp3) is 0.588. The zero-order valence-electron chi connectivity index (χ0n) is 15.8. The van der Waals surface area contributed by atoms with Crippen LogP contribution in [0, 0.1) is 5.92 Å². The van der Waals surface area contributed by atoms with Gasteiger partial charge in [0.2, 0.25) is 5.95 Å². The Morgan fingerprint density at radius 2 is 2.07 bits per heavy atom. The minimum Gasteiger partial charge on any atom is -0.458 e. The van der Waals surface area contributed by atoms with Crippen LogP contribution >= 0.6 is 0 Å². The number of alkyl halides is 3. The molecule has 0 aromatic carbocycles. The number of carbonyl (C=O) groups is 2. The van der Waals surface area contributed by atoms with Crippen LogP contribution in [-0.2, 0) is 25.6 Å². The Morgan fingerprint density at radius 1 is 1.37 bits per heavy atom. The topological polar surface area (TPSA) is 131 Å². The van der Waals surface area contributed by atoms with Crippen molar-refractivity contribution in [1.29, 1.82) is 0 Å².